The molecule has 0 aliphatic heterocycles. The van der Waals surface area contributed by atoms with Crippen LogP contribution in [0.5, 0.6) is 0 Å². The Labute approximate surface area is 142 Å². The fourth-order valence-electron chi connectivity index (χ4n) is 2.58. The van der Waals surface area contributed by atoms with Crippen molar-refractivity contribution in [1.82, 2.24) is 9.55 Å². The van der Waals surface area contributed by atoms with Crippen LogP contribution >= 0.6 is 11.6 Å². The van der Waals surface area contributed by atoms with Crippen LogP contribution < -0.4 is 22.3 Å². The molecule has 0 saturated heterocycles. The van der Waals surface area contributed by atoms with E-state index < -0.39 is 17.0 Å². The smallest absolute Gasteiger partial charge is 0.330 e. The average Bonchev–Trinajstić information content (AvgIpc) is 3.32. The lowest BCUT2D eigenvalue weighted by atomic mass is 10.1. The van der Waals surface area contributed by atoms with Gasteiger partial charge in [0.05, 0.1) is 6.54 Å². The number of hydrogen-bond acceptors (Lipinski definition) is 5. The van der Waals surface area contributed by atoms with Crippen LogP contribution in [0.1, 0.15) is 34.8 Å². The summed E-state index contributed by atoms with van der Waals surface area (Å²) >= 11 is 5.94. The van der Waals surface area contributed by atoms with Crippen LogP contribution in [-0.2, 0) is 0 Å². The van der Waals surface area contributed by atoms with Crippen molar-refractivity contribution in [2.24, 2.45) is 0 Å². The maximum absolute atomic E-state index is 12.5. The molecule has 8 heteroatoms. The van der Waals surface area contributed by atoms with Crippen molar-refractivity contribution in [3.05, 3.63) is 55.2 Å². The Kier molecular flexibility index (Phi) is 4.19. The molecule has 1 aromatic heterocycles. The van der Waals surface area contributed by atoms with Gasteiger partial charge in [0.15, 0.2) is 5.78 Å². The fraction of sp³-hybridized carbons (Fsp3) is 0.312. The van der Waals surface area contributed by atoms with Crippen LogP contribution in [0.25, 0.3) is 0 Å². The minimum Gasteiger partial charge on any atom is -0.384 e. The Hall–Kier alpha value is -2.54. The molecule has 24 heavy (non-hydrogen) atoms. The van der Waals surface area contributed by atoms with E-state index >= 15 is 0 Å². The largest absolute Gasteiger partial charge is 0.384 e. The van der Waals surface area contributed by atoms with Gasteiger partial charge in [0, 0.05) is 16.8 Å². The van der Waals surface area contributed by atoms with Crippen LogP contribution in [-0.4, -0.2) is 21.9 Å². The zero-order chi connectivity index (χ0) is 17.4. The molecule has 3 rings (SSSR count). The number of nitrogens with two attached hydrogens (primary N) is 1. The quantitative estimate of drug-likeness (QED) is 0.712. The molecule has 0 spiro atoms. The minimum absolute atomic E-state index is 0.0379. The van der Waals surface area contributed by atoms with Crippen LogP contribution in [0.2, 0.25) is 5.02 Å². The van der Waals surface area contributed by atoms with Crippen molar-refractivity contribution in [3.8, 4) is 0 Å². The van der Waals surface area contributed by atoms with Crippen LogP contribution in [0.3, 0.4) is 0 Å². The maximum atomic E-state index is 12.5. The van der Waals surface area contributed by atoms with Crippen molar-refractivity contribution >= 4 is 28.9 Å². The number of ketones is 1. The molecule has 126 valence electrons. The molecule has 0 bridgehead atoms. The highest BCUT2D eigenvalue weighted by Crippen LogP contribution is 2.35. The predicted octanol–water partition coefficient (Wildman–Crippen LogP) is 1.71. The fourth-order valence-corrected chi connectivity index (χ4v) is 2.75. The topological polar surface area (TPSA) is 110 Å². The zero-order valence-electron chi connectivity index (χ0n) is 13.1. The van der Waals surface area contributed by atoms with Crippen molar-refractivity contribution in [2.45, 2.75) is 25.8 Å². The van der Waals surface area contributed by atoms with Crippen molar-refractivity contribution < 1.29 is 4.79 Å². The number of nitrogens with zero attached hydrogens (tertiary/aromatic N) is 1. The molecule has 0 atom stereocenters. The van der Waals surface area contributed by atoms with Crippen molar-refractivity contribution in [1.29, 1.82) is 0 Å². The molecule has 0 unspecified atom stereocenters. The Morgan fingerprint density at radius 2 is 2.12 bits per heavy atom. The number of nitrogens with one attached hydrogen (secondary N) is 2. The number of anilines is 2. The summed E-state index contributed by atoms with van der Waals surface area (Å²) in [7, 11) is 0. The number of nitrogen functional groups attached to an aromatic ring is 1. The molecular formula is C16H17ClN4O3. The summed E-state index contributed by atoms with van der Waals surface area (Å²) in [6, 6.07) is 5.23. The summed E-state index contributed by atoms with van der Waals surface area (Å²) in [6.45, 7) is 1.74. The number of H-pyrrole nitrogens is 1. The molecule has 1 aliphatic rings. The average molecular weight is 349 g/mol. The van der Waals surface area contributed by atoms with E-state index in [1.165, 1.54) is 4.57 Å². The predicted molar refractivity (Wildman–Crippen MR) is 93.0 cm³/mol. The van der Waals surface area contributed by atoms with Crippen LogP contribution in [0, 0.1) is 6.92 Å². The third kappa shape index (κ3) is 3.07. The van der Waals surface area contributed by atoms with E-state index in [0.717, 1.165) is 18.4 Å². The van der Waals surface area contributed by atoms with E-state index in [-0.39, 0.29) is 24.0 Å². The molecule has 1 aliphatic carbocycles. The molecule has 7 nitrogen and oxygen atoms in total. The summed E-state index contributed by atoms with van der Waals surface area (Å²) in [5.74, 6) is -0.552. The van der Waals surface area contributed by atoms with E-state index in [1.807, 2.05) is 13.0 Å². The number of aromatic nitrogens is 2. The number of hydrogen-bond donors (Lipinski definition) is 3. The second-order valence-corrected chi connectivity index (χ2v) is 6.29. The summed E-state index contributed by atoms with van der Waals surface area (Å²) in [5.41, 5.74) is 6.01. The highest BCUT2D eigenvalue weighted by atomic mass is 35.5. The molecule has 4 N–H and O–H groups in total. The molecular weight excluding hydrogens is 332 g/mol. The number of aromatic amines is 1. The molecule has 0 amide bonds. The third-order valence-corrected chi connectivity index (χ3v) is 4.25. The lowest BCUT2D eigenvalue weighted by Crippen LogP contribution is -2.37. The van der Waals surface area contributed by atoms with Crippen molar-refractivity contribution in [2.75, 3.05) is 17.6 Å². The Morgan fingerprint density at radius 3 is 2.79 bits per heavy atom. The Bertz CT molecular complexity index is 928. The van der Waals surface area contributed by atoms with E-state index in [1.54, 1.807) is 12.1 Å². The van der Waals surface area contributed by atoms with E-state index in [2.05, 4.69) is 10.3 Å². The van der Waals surface area contributed by atoms with Gasteiger partial charge in [-0.05, 0) is 37.5 Å². The molecule has 1 fully saturated rings. The number of carbonyl (C=O) groups excluding carboxylic acids is 1. The normalized spacial score (nSPS) is 13.8. The van der Waals surface area contributed by atoms with Gasteiger partial charge in [0.1, 0.15) is 11.4 Å². The Balaban J connectivity index is 1.88. The van der Waals surface area contributed by atoms with Crippen LogP contribution in [0.4, 0.5) is 11.5 Å². The summed E-state index contributed by atoms with van der Waals surface area (Å²) in [5, 5.41) is 3.49. The summed E-state index contributed by atoms with van der Waals surface area (Å²) < 4.78 is 1.29. The summed E-state index contributed by atoms with van der Waals surface area (Å²) in [4.78, 5) is 38.5. The van der Waals surface area contributed by atoms with Gasteiger partial charge in [0.2, 0.25) is 0 Å². The minimum atomic E-state index is -0.760. The van der Waals surface area contributed by atoms with Gasteiger partial charge < -0.3 is 11.1 Å². The van der Waals surface area contributed by atoms with Gasteiger partial charge in [-0.25, -0.2) is 4.79 Å². The van der Waals surface area contributed by atoms with E-state index in [0.29, 0.717) is 10.7 Å². The van der Waals surface area contributed by atoms with Gasteiger partial charge in [0.25, 0.3) is 5.56 Å². The Morgan fingerprint density at radius 1 is 1.42 bits per heavy atom. The van der Waals surface area contributed by atoms with Gasteiger partial charge >= 0.3 is 5.69 Å². The first-order valence-corrected chi connectivity index (χ1v) is 7.94. The highest BCUT2D eigenvalue weighted by Gasteiger charge is 2.29. The number of rotatable bonds is 5. The monoisotopic (exact) mass is 348 g/mol. The highest BCUT2D eigenvalue weighted by molar-refractivity contribution is 6.30. The van der Waals surface area contributed by atoms with Crippen LogP contribution in [0.15, 0.2) is 27.8 Å². The van der Waals surface area contributed by atoms with Gasteiger partial charge in [-0.3, -0.25) is 19.1 Å². The molecule has 2 aromatic rings. The molecule has 0 radical (unpaired) electrons. The van der Waals surface area contributed by atoms with Gasteiger partial charge in [-0.2, -0.15) is 0 Å². The standard InChI is InChI=1S/C16H17ClN4O3/c1-8-2-3-9(17)6-11(8)19-7-12(22)13-14(18)21(10-4-5-10)16(24)20-15(13)23/h2-3,6,10,19H,4-5,7,18H2,1H3,(H,20,23,24). The second kappa shape index (κ2) is 6.16. The molecule has 1 saturated carbocycles. The third-order valence-electron chi connectivity index (χ3n) is 4.01. The first kappa shape index (κ1) is 16.3. The molecule has 1 aromatic carbocycles. The lowest BCUT2D eigenvalue weighted by molar-refractivity contribution is 0.100. The number of Topliss-reactive ketones (excluding diaryl/α,β-unsaturated/α-hetero) is 1. The lowest BCUT2D eigenvalue weighted by Gasteiger charge is -2.12. The van der Waals surface area contributed by atoms with Gasteiger partial charge in [-0.1, -0.05) is 17.7 Å². The maximum Gasteiger partial charge on any atom is 0.330 e. The van der Waals surface area contributed by atoms with Crippen molar-refractivity contribution in [3.63, 3.8) is 0 Å². The zero-order valence-corrected chi connectivity index (χ0v) is 13.8. The first-order chi connectivity index (χ1) is 11.4. The number of benzene rings is 1. The number of aryl methyl sites for hydroxylation is 1. The second-order valence-electron chi connectivity index (χ2n) is 5.86. The van der Waals surface area contributed by atoms with Gasteiger partial charge in [-0.15, -0.1) is 0 Å². The molecule has 1 heterocycles. The number of halogens is 1. The first-order valence-electron chi connectivity index (χ1n) is 7.56. The van der Waals surface area contributed by atoms with E-state index in [4.69, 9.17) is 17.3 Å². The SMILES string of the molecule is Cc1ccc(Cl)cc1NCC(=O)c1c(N)n(C2CC2)c(=O)[nH]c1=O. The number of carbonyl (C=O) groups is 1. The summed E-state index contributed by atoms with van der Waals surface area (Å²) in [6.07, 6.45) is 1.62. The van der Waals surface area contributed by atoms with E-state index in [9.17, 15) is 14.4 Å².